The topological polar surface area (TPSA) is 88.0 Å². The van der Waals surface area contributed by atoms with Gasteiger partial charge in [0.05, 0.1) is 5.39 Å². The minimum Gasteiger partial charge on any atom is -0.384 e. The van der Waals surface area contributed by atoms with Crippen LogP contribution in [0.25, 0.3) is 22.4 Å². The van der Waals surface area contributed by atoms with Gasteiger partial charge in [-0.3, -0.25) is 4.79 Å². The van der Waals surface area contributed by atoms with E-state index >= 15 is 0 Å². The fourth-order valence-electron chi connectivity index (χ4n) is 3.03. The molecule has 0 atom stereocenters. The zero-order valence-corrected chi connectivity index (χ0v) is 18.5. The van der Waals surface area contributed by atoms with E-state index in [0.717, 1.165) is 6.04 Å². The molecule has 7 nitrogen and oxygen atoms in total. The fraction of sp³-hybridized carbons (Fsp3) is 0.421. The van der Waals surface area contributed by atoms with Crippen LogP contribution < -0.4 is 11.2 Å². The lowest BCUT2D eigenvalue weighted by molar-refractivity contribution is 0.0883. The van der Waals surface area contributed by atoms with Crippen LogP contribution >= 0.6 is 11.6 Å². The molecule has 28 heavy (non-hydrogen) atoms. The molecule has 3 aromatic heterocycles. The van der Waals surface area contributed by atoms with Crippen molar-refractivity contribution in [2.24, 2.45) is 0 Å². The number of imidazole rings is 1. The average Bonchev–Trinajstić information content (AvgIpc) is 3.06. The van der Waals surface area contributed by atoms with Crippen LogP contribution in [0.4, 0.5) is 5.82 Å². The van der Waals surface area contributed by atoms with E-state index in [0.29, 0.717) is 53.3 Å². The molecule has 0 fully saturated rings. The molecule has 3 rings (SSSR count). The van der Waals surface area contributed by atoms with Crippen molar-refractivity contribution in [3.05, 3.63) is 39.9 Å². The summed E-state index contributed by atoms with van der Waals surface area (Å²) in [6.07, 6.45) is 3.44. The Morgan fingerprint density at radius 2 is 2.04 bits per heavy atom. The molecule has 0 saturated carbocycles. The maximum atomic E-state index is 13.2. The van der Waals surface area contributed by atoms with E-state index < -0.39 is 8.07 Å². The summed E-state index contributed by atoms with van der Waals surface area (Å²) >= 11 is 6.02. The predicted octanol–water partition coefficient (Wildman–Crippen LogP) is 3.83. The summed E-state index contributed by atoms with van der Waals surface area (Å²) in [5.41, 5.74) is 7.00. The van der Waals surface area contributed by atoms with Crippen molar-refractivity contribution in [1.29, 1.82) is 0 Å². The maximum Gasteiger partial charge on any atom is 0.204 e. The first-order valence-corrected chi connectivity index (χ1v) is 13.4. The van der Waals surface area contributed by atoms with E-state index in [-0.39, 0.29) is 5.43 Å². The van der Waals surface area contributed by atoms with E-state index in [1.165, 1.54) is 0 Å². The van der Waals surface area contributed by atoms with Gasteiger partial charge in [0.25, 0.3) is 0 Å². The minimum absolute atomic E-state index is 0.212. The van der Waals surface area contributed by atoms with E-state index in [2.05, 4.69) is 29.6 Å². The van der Waals surface area contributed by atoms with Crippen molar-refractivity contribution in [2.45, 2.75) is 45.9 Å². The molecule has 3 aromatic rings. The van der Waals surface area contributed by atoms with Gasteiger partial charge in [-0.25, -0.2) is 9.97 Å². The van der Waals surface area contributed by atoms with Crippen LogP contribution in [0.1, 0.15) is 6.92 Å². The van der Waals surface area contributed by atoms with Crippen LogP contribution in [0.15, 0.2) is 29.3 Å². The number of halogens is 1. The monoisotopic (exact) mass is 419 g/mol. The second-order valence-electron chi connectivity index (χ2n) is 7.91. The van der Waals surface area contributed by atoms with Gasteiger partial charge in [0.1, 0.15) is 34.7 Å². The molecule has 0 aromatic carbocycles. The Bertz CT molecular complexity index is 1050. The normalized spacial score (nSPS) is 12.0. The highest BCUT2D eigenvalue weighted by Crippen LogP contribution is 2.26. The summed E-state index contributed by atoms with van der Waals surface area (Å²) in [6.45, 7) is 10.4. The van der Waals surface area contributed by atoms with Crippen molar-refractivity contribution in [3.8, 4) is 11.4 Å². The van der Waals surface area contributed by atoms with Gasteiger partial charge in [-0.05, 0) is 25.1 Å². The van der Waals surface area contributed by atoms with Crippen molar-refractivity contribution >= 4 is 36.5 Å². The third kappa shape index (κ3) is 4.13. The molecule has 2 N–H and O–H groups in total. The summed E-state index contributed by atoms with van der Waals surface area (Å²) in [4.78, 5) is 21.9. The standard InChI is InChI=1S/C19H26ClN5O2Si/c1-5-25-17(21)15(16(26)13-6-7-14(20)23-18(13)25)19-22-8-9-24(19)12-27-10-11-28(2,3)4/h6-9H,5,10-12,21H2,1-4H3. The second kappa shape index (κ2) is 8.06. The smallest absolute Gasteiger partial charge is 0.204 e. The molecule has 0 aliphatic heterocycles. The quantitative estimate of drug-likeness (QED) is 0.357. The summed E-state index contributed by atoms with van der Waals surface area (Å²) in [6, 6.07) is 4.36. The highest BCUT2D eigenvalue weighted by Gasteiger charge is 2.21. The van der Waals surface area contributed by atoms with Gasteiger partial charge >= 0.3 is 0 Å². The Balaban J connectivity index is 2.02. The summed E-state index contributed by atoms with van der Waals surface area (Å²) < 4.78 is 9.43. The number of nitrogens with zero attached hydrogens (tertiary/aromatic N) is 4. The zero-order valence-electron chi connectivity index (χ0n) is 16.7. The fourth-order valence-corrected chi connectivity index (χ4v) is 3.93. The Kier molecular flexibility index (Phi) is 5.92. The lowest BCUT2D eigenvalue weighted by Crippen LogP contribution is -2.22. The minimum atomic E-state index is -1.16. The van der Waals surface area contributed by atoms with Crippen molar-refractivity contribution in [1.82, 2.24) is 19.1 Å². The highest BCUT2D eigenvalue weighted by atomic mass is 35.5. The molecule has 0 radical (unpaired) electrons. The third-order valence-electron chi connectivity index (χ3n) is 4.60. The third-order valence-corrected chi connectivity index (χ3v) is 6.51. The largest absolute Gasteiger partial charge is 0.384 e. The summed E-state index contributed by atoms with van der Waals surface area (Å²) in [7, 11) is -1.16. The number of hydrogen-bond donors (Lipinski definition) is 1. The van der Waals surface area contributed by atoms with Gasteiger partial charge in [0.2, 0.25) is 5.43 Å². The van der Waals surface area contributed by atoms with Gasteiger partial charge in [-0.2, -0.15) is 0 Å². The van der Waals surface area contributed by atoms with Crippen LogP contribution in [0, 0.1) is 0 Å². The van der Waals surface area contributed by atoms with Crippen LogP contribution in [0.3, 0.4) is 0 Å². The van der Waals surface area contributed by atoms with Gasteiger partial charge in [-0.15, -0.1) is 0 Å². The number of anilines is 1. The number of nitrogen functional groups attached to an aromatic ring is 1. The molecular formula is C19H26ClN5O2Si. The number of fused-ring (bicyclic) bond motifs is 1. The molecule has 0 saturated heterocycles. The van der Waals surface area contributed by atoms with E-state index in [9.17, 15) is 4.79 Å². The molecule has 0 unspecified atom stereocenters. The van der Waals surface area contributed by atoms with Gasteiger partial charge < -0.3 is 19.6 Å². The van der Waals surface area contributed by atoms with Gasteiger partial charge in [0.15, 0.2) is 0 Å². The van der Waals surface area contributed by atoms with Crippen molar-refractivity contribution in [2.75, 3.05) is 12.3 Å². The Hall–Kier alpha value is -2.16. The molecule has 0 amide bonds. The maximum absolute atomic E-state index is 13.2. The van der Waals surface area contributed by atoms with Crippen molar-refractivity contribution in [3.63, 3.8) is 0 Å². The molecule has 0 spiro atoms. The lowest BCUT2D eigenvalue weighted by Gasteiger charge is -2.17. The van der Waals surface area contributed by atoms with Gasteiger partial charge in [0, 0.05) is 33.6 Å². The molecule has 150 valence electrons. The first-order valence-electron chi connectivity index (χ1n) is 9.30. The first kappa shape index (κ1) is 20.6. The number of pyridine rings is 2. The molecule has 0 aliphatic rings. The van der Waals surface area contributed by atoms with E-state index in [1.807, 2.05) is 11.5 Å². The summed E-state index contributed by atoms with van der Waals surface area (Å²) in [5, 5.41) is 0.781. The molecule has 3 heterocycles. The van der Waals surface area contributed by atoms with E-state index in [4.69, 9.17) is 22.1 Å². The number of ether oxygens (including phenoxy) is 1. The first-order chi connectivity index (χ1) is 13.2. The molecule has 9 heteroatoms. The number of hydrogen-bond acceptors (Lipinski definition) is 5. The van der Waals surface area contributed by atoms with Gasteiger partial charge in [-0.1, -0.05) is 31.2 Å². The van der Waals surface area contributed by atoms with Crippen LogP contribution in [-0.4, -0.2) is 33.8 Å². The molecular weight excluding hydrogens is 394 g/mol. The summed E-state index contributed by atoms with van der Waals surface area (Å²) in [5.74, 6) is 0.818. The van der Waals surface area contributed by atoms with Crippen LogP contribution in [0.2, 0.25) is 30.8 Å². The predicted molar refractivity (Wildman–Crippen MR) is 116 cm³/mol. The zero-order chi connectivity index (χ0) is 20.5. The lowest BCUT2D eigenvalue weighted by atomic mass is 10.1. The van der Waals surface area contributed by atoms with E-state index in [1.54, 1.807) is 29.1 Å². The number of nitrogens with two attached hydrogens (primary N) is 1. The SMILES string of the molecule is CCn1c(N)c(-c2nccn2COCC[Si](C)(C)C)c(=O)c2ccc(Cl)nc21. The Morgan fingerprint density at radius 1 is 1.29 bits per heavy atom. The van der Waals surface area contributed by atoms with Crippen molar-refractivity contribution < 1.29 is 4.74 Å². The van der Waals surface area contributed by atoms with Crippen LogP contribution in [-0.2, 0) is 18.0 Å². The second-order valence-corrected chi connectivity index (χ2v) is 13.9. The Labute approximate surface area is 170 Å². The highest BCUT2D eigenvalue weighted by molar-refractivity contribution is 6.76. The molecule has 0 bridgehead atoms. The van der Waals surface area contributed by atoms with Crippen LogP contribution in [0.5, 0.6) is 0 Å². The number of rotatable bonds is 7. The molecule has 0 aliphatic carbocycles. The average molecular weight is 420 g/mol. The Morgan fingerprint density at radius 3 is 2.71 bits per heavy atom. The number of aromatic nitrogens is 4. The number of aryl methyl sites for hydroxylation is 1.